The van der Waals surface area contributed by atoms with Crippen molar-refractivity contribution in [2.45, 2.75) is 0 Å². The zero-order chi connectivity index (χ0) is 20.4. The highest BCUT2D eigenvalue weighted by Crippen LogP contribution is 2.35. The molecular formula is C17H10BrN3O5S2. The van der Waals surface area contributed by atoms with Crippen molar-refractivity contribution in [3.63, 3.8) is 0 Å². The number of carbonyl (C=O) groups excluding carboxylic acids is 1. The van der Waals surface area contributed by atoms with Gasteiger partial charge in [0.2, 0.25) is 0 Å². The molecule has 1 aliphatic rings. The number of non-ortho nitro benzene ring substituents is 1. The van der Waals surface area contributed by atoms with Crippen LogP contribution >= 0.6 is 39.9 Å². The van der Waals surface area contributed by atoms with Gasteiger partial charge in [0.25, 0.3) is 11.6 Å². The highest BCUT2D eigenvalue weighted by Gasteiger charge is 2.32. The number of thiocarbonyl (C=S) groups is 1. The van der Waals surface area contributed by atoms with Crippen LogP contribution in [0.25, 0.3) is 6.08 Å². The summed E-state index contributed by atoms with van der Waals surface area (Å²) in [5.41, 5.74) is 0.265. The monoisotopic (exact) mass is 479 g/mol. The van der Waals surface area contributed by atoms with E-state index in [1.807, 2.05) is 0 Å². The van der Waals surface area contributed by atoms with Crippen molar-refractivity contribution in [2.75, 3.05) is 0 Å². The number of rotatable bonds is 4. The van der Waals surface area contributed by atoms with Crippen LogP contribution in [0, 0.1) is 10.1 Å². The van der Waals surface area contributed by atoms with Crippen LogP contribution in [0.4, 0.5) is 5.69 Å². The van der Waals surface area contributed by atoms with E-state index in [4.69, 9.17) is 12.2 Å². The number of carbonyl (C=O) groups is 1. The van der Waals surface area contributed by atoms with Gasteiger partial charge in [-0.25, -0.2) is 0 Å². The molecule has 1 fully saturated rings. The maximum atomic E-state index is 12.6. The summed E-state index contributed by atoms with van der Waals surface area (Å²) in [4.78, 5) is 23.1. The molecule has 0 saturated carbocycles. The predicted octanol–water partition coefficient (Wildman–Crippen LogP) is 4.00. The number of phenolic OH excluding ortho intramolecular Hbond substituents is 2. The second-order valence-corrected chi connectivity index (χ2v) is 8.03. The van der Waals surface area contributed by atoms with Crippen LogP contribution in [-0.4, -0.2) is 36.6 Å². The lowest BCUT2D eigenvalue weighted by atomic mass is 10.2. The summed E-state index contributed by atoms with van der Waals surface area (Å²) in [5.74, 6) is -0.747. The van der Waals surface area contributed by atoms with Gasteiger partial charge in [-0.15, -0.1) is 0 Å². The van der Waals surface area contributed by atoms with E-state index < -0.39 is 10.8 Å². The molecule has 0 spiro atoms. The summed E-state index contributed by atoms with van der Waals surface area (Å²) in [6.07, 6.45) is 2.60. The molecule has 11 heteroatoms. The van der Waals surface area contributed by atoms with Crippen molar-refractivity contribution in [1.29, 1.82) is 0 Å². The molecule has 2 aromatic rings. The molecule has 2 aromatic carbocycles. The number of nitro groups is 1. The molecule has 2 N–H and O–H groups in total. The summed E-state index contributed by atoms with van der Waals surface area (Å²) in [6.45, 7) is 0. The number of amides is 1. The minimum absolute atomic E-state index is 0.00140. The third kappa shape index (κ3) is 4.21. The fourth-order valence-electron chi connectivity index (χ4n) is 2.22. The lowest BCUT2D eigenvalue weighted by Crippen LogP contribution is -2.22. The molecule has 28 heavy (non-hydrogen) atoms. The highest BCUT2D eigenvalue weighted by molar-refractivity contribution is 9.10. The van der Waals surface area contributed by atoms with E-state index in [1.54, 1.807) is 12.1 Å². The number of phenols is 2. The molecule has 8 nitrogen and oxygen atoms in total. The zero-order valence-electron chi connectivity index (χ0n) is 13.8. The van der Waals surface area contributed by atoms with Crippen LogP contribution < -0.4 is 0 Å². The van der Waals surface area contributed by atoms with Gasteiger partial charge in [-0.05, 0) is 42.6 Å². The standard InChI is InChI=1S/C17H10BrN3O5S2/c18-11-1-3-13(22)9(5-11)7-15-16(24)20(17(27)28-15)19-8-10-6-12(21(25)26)2-4-14(10)23/h1-8,22-23H/b15-7?,19-8+. The largest absolute Gasteiger partial charge is 0.507 e. The van der Waals surface area contributed by atoms with Gasteiger partial charge in [0, 0.05) is 27.7 Å². The van der Waals surface area contributed by atoms with Crippen molar-refractivity contribution in [2.24, 2.45) is 5.10 Å². The number of halogens is 1. The summed E-state index contributed by atoms with van der Waals surface area (Å²) in [7, 11) is 0. The molecule has 142 valence electrons. The Kier molecular flexibility index (Phi) is 5.77. The van der Waals surface area contributed by atoms with Crippen LogP contribution in [0.1, 0.15) is 11.1 Å². The van der Waals surface area contributed by atoms with Gasteiger partial charge in [0.05, 0.1) is 16.0 Å². The van der Waals surface area contributed by atoms with Gasteiger partial charge in [-0.2, -0.15) is 10.1 Å². The molecule has 1 heterocycles. The van der Waals surface area contributed by atoms with E-state index in [2.05, 4.69) is 21.0 Å². The number of nitro benzene ring substituents is 1. The maximum absolute atomic E-state index is 12.6. The smallest absolute Gasteiger partial charge is 0.286 e. The van der Waals surface area contributed by atoms with Gasteiger partial charge in [0.15, 0.2) is 4.32 Å². The molecule has 1 amide bonds. The number of hydrogen-bond donors (Lipinski definition) is 2. The Balaban J connectivity index is 1.88. The second-order valence-electron chi connectivity index (χ2n) is 5.44. The first-order valence-corrected chi connectivity index (χ1v) is 9.56. The molecular weight excluding hydrogens is 470 g/mol. The third-order valence-electron chi connectivity index (χ3n) is 3.58. The Bertz CT molecular complexity index is 1070. The van der Waals surface area contributed by atoms with E-state index in [1.165, 1.54) is 18.2 Å². The summed E-state index contributed by atoms with van der Waals surface area (Å²) >= 11 is 9.45. The van der Waals surface area contributed by atoms with Crippen LogP contribution in [-0.2, 0) is 4.79 Å². The Morgan fingerprint density at radius 3 is 2.57 bits per heavy atom. The number of benzene rings is 2. The first-order valence-electron chi connectivity index (χ1n) is 7.54. The maximum Gasteiger partial charge on any atom is 0.286 e. The molecule has 1 aliphatic heterocycles. The van der Waals surface area contributed by atoms with Gasteiger partial charge >= 0.3 is 0 Å². The van der Waals surface area contributed by atoms with E-state index >= 15 is 0 Å². The SMILES string of the molecule is O=C1C(=Cc2cc(Br)ccc2O)SC(=S)N1/N=C/c1cc([N+](=O)[O-])ccc1O. The van der Waals surface area contributed by atoms with Crippen molar-refractivity contribution in [3.05, 3.63) is 67.0 Å². The van der Waals surface area contributed by atoms with Crippen LogP contribution in [0.5, 0.6) is 11.5 Å². The van der Waals surface area contributed by atoms with Crippen molar-refractivity contribution in [3.8, 4) is 11.5 Å². The van der Waals surface area contributed by atoms with Gasteiger partial charge in [-0.3, -0.25) is 14.9 Å². The Morgan fingerprint density at radius 1 is 1.18 bits per heavy atom. The average molecular weight is 480 g/mol. The minimum Gasteiger partial charge on any atom is -0.507 e. The number of nitrogens with zero attached hydrogens (tertiary/aromatic N) is 3. The van der Waals surface area contributed by atoms with Crippen molar-refractivity contribution < 1.29 is 19.9 Å². The zero-order valence-corrected chi connectivity index (χ0v) is 17.0. The first kappa shape index (κ1) is 20.0. The molecule has 0 aliphatic carbocycles. The number of thioether (sulfide) groups is 1. The van der Waals surface area contributed by atoms with Crippen LogP contribution in [0.15, 0.2) is 50.9 Å². The molecule has 3 rings (SSSR count). The van der Waals surface area contributed by atoms with E-state index in [0.717, 1.165) is 39.6 Å². The van der Waals surface area contributed by atoms with Gasteiger partial charge < -0.3 is 10.2 Å². The Labute approximate surface area is 176 Å². The molecule has 0 unspecified atom stereocenters. The first-order chi connectivity index (χ1) is 13.3. The van der Waals surface area contributed by atoms with E-state index in [-0.39, 0.29) is 32.0 Å². The minimum atomic E-state index is -0.608. The summed E-state index contributed by atoms with van der Waals surface area (Å²) < 4.78 is 0.873. The second kappa shape index (κ2) is 8.09. The highest BCUT2D eigenvalue weighted by atomic mass is 79.9. The fourth-order valence-corrected chi connectivity index (χ4v) is 3.76. The van der Waals surface area contributed by atoms with E-state index in [9.17, 15) is 25.1 Å². The predicted molar refractivity (Wildman–Crippen MR) is 113 cm³/mol. The lowest BCUT2D eigenvalue weighted by molar-refractivity contribution is -0.384. The third-order valence-corrected chi connectivity index (χ3v) is 5.36. The normalized spacial score (nSPS) is 15.8. The van der Waals surface area contributed by atoms with E-state index in [0.29, 0.717) is 5.56 Å². The Morgan fingerprint density at radius 2 is 1.86 bits per heavy atom. The number of aromatic hydroxyl groups is 2. The van der Waals surface area contributed by atoms with Crippen LogP contribution in [0.2, 0.25) is 0 Å². The molecule has 0 aromatic heterocycles. The molecule has 0 atom stereocenters. The van der Waals surface area contributed by atoms with Gasteiger partial charge in [0.1, 0.15) is 11.5 Å². The molecule has 0 bridgehead atoms. The lowest BCUT2D eigenvalue weighted by Gasteiger charge is -2.06. The molecule has 0 radical (unpaired) electrons. The topological polar surface area (TPSA) is 116 Å². The summed E-state index contributed by atoms with van der Waals surface area (Å²) in [6, 6.07) is 8.24. The quantitative estimate of drug-likeness (QED) is 0.223. The number of hydrogen-bond acceptors (Lipinski definition) is 8. The average Bonchev–Trinajstić information content (AvgIpc) is 2.90. The van der Waals surface area contributed by atoms with Gasteiger partial charge in [-0.1, -0.05) is 27.7 Å². The van der Waals surface area contributed by atoms with Crippen LogP contribution in [0.3, 0.4) is 0 Å². The number of hydrazone groups is 1. The van der Waals surface area contributed by atoms with Crippen molar-refractivity contribution in [1.82, 2.24) is 5.01 Å². The van der Waals surface area contributed by atoms with Crippen molar-refractivity contribution >= 4 is 68.1 Å². The Hall–Kier alpha value is -2.76. The summed E-state index contributed by atoms with van der Waals surface area (Å²) in [5, 5.41) is 35.5. The fraction of sp³-hybridized carbons (Fsp3) is 0. The molecule has 1 saturated heterocycles.